The molecule has 4 heteroatoms. The van der Waals surface area contributed by atoms with E-state index in [1.807, 2.05) is 20.8 Å². The maximum absolute atomic E-state index is 9.04. The Labute approximate surface area is 77.8 Å². The largest absolute Gasteiger partial charge is 0.394 e. The maximum atomic E-state index is 9.04. The van der Waals surface area contributed by atoms with Crippen LogP contribution in [0, 0.1) is 0 Å². The minimum Gasteiger partial charge on any atom is -0.394 e. The lowest BCUT2D eigenvalue weighted by molar-refractivity contribution is -0.188. The highest BCUT2D eigenvalue weighted by molar-refractivity contribution is 4.96. The predicted octanol–water partition coefficient (Wildman–Crippen LogP) is 0.286. The van der Waals surface area contributed by atoms with E-state index in [0.29, 0.717) is 0 Å². The molecule has 0 aliphatic carbocycles. The number of fused-ring (bicyclic) bond motifs is 1. The van der Waals surface area contributed by atoms with Crippen molar-refractivity contribution in [3.05, 3.63) is 0 Å². The van der Waals surface area contributed by atoms with Gasteiger partial charge in [0, 0.05) is 0 Å². The normalized spacial score (nSPS) is 48.0. The van der Waals surface area contributed by atoms with Gasteiger partial charge in [-0.15, -0.1) is 0 Å². The van der Waals surface area contributed by atoms with Gasteiger partial charge in [-0.1, -0.05) is 0 Å². The van der Waals surface area contributed by atoms with Crippen LogP contribution in [0.5, 0.6) is 0 Å². The molecule has 2 saturated heterocycles. The molecule has 0 spiro atoms. The molecule has 0 saturated carbocycles. The van der Waals surface area contributed by atoms with Crippen molar-refractivity contribution in [1.29, 1.82) is 0 Å². The molecule has 0 bridgehead atoms. The van der Waals surface area contributed by atoms with Crippen molar-refractivity contribution in [2.45, 2.75) is 51.0 Å². The van der Waals surface area contributed by atoms with Crippen LogP contribution in [0.15, 0.2) is 0 Å². The Balaban J connectivity index is 2.12. The van der Waals surface area contributed by atoms with E-state index in [1.54, 1.807) is 0 Å². The fourth-order valence-electron chi connectivity index (χ4n) is 2.05. The third-order valence-corrected chi connectivity index (χ3v) is 2.56. The highest BCUT2D eigenvalue weighted by atomic mass is 16.8. The summed E-state index contributed by atoms with van der Waals surface area (Å²) in [5.41, 5.74) is 0. The molecule has 4 nitrogen and oxygen atoms in total. The summed E-state index contributed by atoms with van der Waals surface area (Å²) in [5.74, 6) is -0.541. The first-order valence-corrected chi connectivity index (χ1v) is 4.65. The van der Waals surface area contributed by atoms with Gasteiger partial charge in [0.25, 0.3) is 0 Å². The van der Waals surface area contributed by atoms with E-state index in [9.17, 15) is 0 Å². The third-order valence-electron chi connectivity index (χ3n) is 2.56. The first-order chi connectivity index (χ1) is 6.03. The van der Waals surface area contributed by atoms with Crippen molar-refractivity contribution in [2.24, 2.45) is 0 Å². The quantitative estimate of drug-likeness (QED) is 0.642. The zero-order chi connectivity index (χ0) is 9.64. The van der Waals surface area contributed by atoms with Crippen LogP contribution in [0.2, 0.25) is 0 Å². The van der Waals surface area contributed by atoms with Crippen LogP contribution in [0.25, 0.3) is 0 Å². The van der Waals surface area contributed by atoms with Gasteiger partial charge in [-0.3, -0.25) is 0 Å². The van der Waals surface area contributed by atoms with Crippen LogP contribution in [-0.4, -0.2) is 41.9 Å². The Bertz CT molecular complexity index is 204. The molecule has 4 unspecified atom stereocenters. The fourth-order valence-corrected chi connectivity index (χ4v) is 2.05. The van der Waals surface area contributed by atoms with Crippen molar-refractivity contribution in [1.82, 2.24) is 0 Å². The molecule has 4 atom stereocenters. The van der Waals surface area contributed by atoms with Crippen molar-refractivity contribution in [3.8, 4) is 0 Å². The van der Waals surface area contributed by atoms with Crippen LogP contribution in [-0.2, 0) is 14.2 Å². The topological polar surface area (TPSA) is 47.9 Å². The van der Waals surface area contributed by atoms with Crippen LogP contribution in [0.1, 0.15) is 20.8 Å². The van der Waals surface area contributed by atoms with E-state index in [1.165, 1.54) is 0 Å². The second-order valence-electron chi connectivity index (χ2n) is 4.13. The summed E-state index contributed by atoms with van der Waals surface area (Å²) in [6.07, 6.45) is -0.382. The molecule has 2 rings (SSSR count). The van der Waals surface area contributed by atoms with Gasteiger partial charge in [0.1, 0.15) is 18.3 Å². The summed E-state index contributed by atoms with van der Waals surface area (Å²) >= 11 is 0. The van der Waals surface area contributed by atoms with Gasteiger partial charge in [0.2, 0.25) is 0 Å². The van der Waals surface area contributed by atoms with E-state index >= 15 is 0 Å². The molecule has 13 heavy (non-hydrogen) atoms. The molecule has 76 valence electrons. The Morgan fingerprint density at radius 3 is 2.46 bits per heavy atom. The maximum Gasteiger partial charge on any atom is 0.164 e. The molecule has 2 fully saturated rings. The Morgan fingerprint density at radius 1 is 1.23 bits per heavy atom. The first kappa shape index (κ1) is 9.40. The first-order valence-electron chi connectivity index (χ1n) is 4.65. The van der Waals surface area contributed by atoms with Crippen molar-refractivity contribution < 1.29 is 19.3 Å². The van der Waals surface area contributed by atoms with Crippen molar-refractivity contribution >= 4 is 0 Å². The summed E-state index contributed by atoms with van der Waals surface area (Å²) in [6.45, 7) is 5.70. The summed E-state index contributed by atoms with van der Waals surface area (Å²) in [4.78, 5) is 0. The van der Waals surface area contributed by atoms with Crippen LogP contribution < -0.4 is 0 Å². The van der Waals surface area contributed by atoms with Crippen LogP contribution in [0.3, 0.4) is 0 Å². The van der Waals surface area contributed by atoms with Gasteiger partial charge in [-0.05, 0) is 20.8 Å². The molecule has 2 heterocycles. The molecule has 0 amide bonds. The monoisotopic (exact) mass is 188 g/mol. The lowest BCUT2D eigenvalue weighted by atomic mass is 10.1. The van der Waals surface area contributed by atoms with Gasteiger partial charge >= 0.3 is 0 Å². The zero-order valence-electron chi connectivity index (χ0n) is 8.19. The minimum atomic E-state index is -0.541. The molecule has 2 aliphatic heterocycles. The van der Waals surface area contributed by atoms with Crippen molar-refractivity contribution in [2.75, 3.05) is 6.61 Å². The lowest BCUT2D eigenvalue weighted by Crippen LogP contribution is -2.31. The number of hydrogen-bond acceptors (Lipinski definition) is 4. The van der Waals surface area contributed by atoms with E-state index in [0.717, 1.165) is 0 Å². The Hall–Kier alpha value is -0.160. The van der Waals surface area contributed by atoms with E-state index in [4.69, 9.17) is 19.3 Å². The molecule has 0 aromatic rings. The van der Waals surface area contributed by atoms with Gasteiger partial charge in [0.15, 0.2) is 5.79 Å². The predicted molar refractivity (Wildman–Crippen MR) is 45.2 cm³/mol. The Morgan fingerprint density at radius 2 is 1.85 bits per heavy atom. The molecular weight excluding hydrogens is 172 g/mol. The second-order valence-corrected chi connectivity index (χ2v) is 4.13. The standard InChI is InChI=1S/C9H16O4/c1-5-7-8(6(4-10)11-5)13-9(2,3)12-7/h5-8,10H,4H2,1-3H3. The summed E-state index contributed by atoms with van der Waals surface area (Å²) in [7, 11) is 0. The average Bonchev–Trinajstić information content (AvgIpc) is 2.47. The lowest BCUT2D eigenvalue weighted by Gasteiger charge is -2.22. The third kappa shape index (κ3) is 1.48. The SMILES string of the molecule is CC1OC(CO)C2OC(C)(C)OC12. The van der Waals surface area contributed by atoms with Gasteiger partial charge in [0.05, 0.1) is 12.7 Å². The Kier molecular flexibility index (Phi) is 2.11. The molecular formula is C9H16O4. The summed E-state index contributed by atoms with van der Waals surface area (Å²) in [6, 6.07) is 0. The van der Waals surface area contributed by atoms with Crippen LogP contribution in [0.4, 0.5) is 0 Å². The van der Waals surface area contributed by atoms with E-state index < -0.39 is 5.79 Å². The van der Waals surface area contributed by atoms with Gasteiger partial charge < -0.3 is 19.3 Å². The second kappa shape index (κ2) is 2.92. The molecule has 0 aromatic carbocycles. The highest BCUT2D eigenvalue weighted by Gasteiger charge is 2.53. The van der Waals surface area contributed by atoms with Gasteiger partial charge in [-0.25, -0.2) is 0 Å². The zero-order valence-corrected chi connectivity index (χ0v) is 8.19. The van der Waals surface area contributed by atoms with Crippen LogP contribution >= 0.6 is 0 Å². The number of ether oxygens (including phenoxy) is 3. The van der Waals surface area contributed by atoms with Crippen molar-refractivity contribution in [3.63, 3.8) is 0 Å². The minimum absolute atomic E-state index is 0.00363. The average molecular weight is 188 g/mol. The number of aliphatic hydroxyl groups is 1. The van der Waals surface area contributed by atoms with Gasteiger partial charge in [-0.2, -0.15) is 0 Å². The van der Waals surface area contributed by atoms with E-state index in [-0.39, 0.29) is 31.0 Å². The highest BCUT2D eigenvalue weighted by Crippen LogP contribution is 2.38. The molecule has 1 N–H and O–H groups in total. The summed E-state index contributed by atoms with van der Waals surface area (Å²) < 4.78 is 16.8. The molecule has 0 aromatic heterocycles. The molecule has 2 aliphatic rings. The summed E-state index contributed by atoms with van der Waals surface area (Å²) in [5, 5.41) is 9.04. The smallest absolute Gasteiger partial charge is 0.164 e. The fraction of sp³-hybridized carbons (Fsp3) is 1.00. The van der Waals surface area contributed by atoms with E-state index in [2.05, 4.69) is 0 Å². The number of rotatable bonds is 1. The number of hydrogen-bond donors (Lipinski definition) is 1. The molecule has 0 radical (unpaired) electrons. The number of aliphatic hydroxyl groups excluding tert-OH is 1.